The third-order valence-electron chi connectivity index (χ3n) is 2.69. The zero-order chi connectivity index (χ0) is 15.6. The Balaban J connectivity index is 1.98. The van der Waals surface area contributed by atoms with Gasteiger partial charge in [0.1, 0.15) is 11.6 Å². The van der Waals surface area contributed by atoms with Crippen LogP contribution < -0.4 is 5.32 Å². The number of rotatable bonds is 4. The number of amides is 1. The summed E-state index contributed by atoms with van der Waals surface area (Å²) in [6, 6.07) is 2.82. The first-order chi connectivity index (χ1) is 9.77. The average molecular weight is 292 g/mol. The molecule has 8 nitrogen and oxygen atoms in total. The highest BCUT2D eigenvalue weighted by Crippen LogP contribution is 2.17. The Bertz CT molecular complexity index is 666. The van der Waals surface area contributed by atoms with E-state index >= 15 is 0 Å². The van der Waals surface area contributed by atoms with Crippen molar-refractivity contribution in [3.63, 3.8) is 0 Å². The molecule has 3 N–H and O–H groups in total. The molecular weight excluding hydrogens is 276 g/mol. The van der Waals surface area contributed by atoms with Crippen molar-refractivity contribution in [1.82, 2.24) is 20.5 Å². The molecule has 8 heteroatoms. The van der Waals surface area contributed by atoms with E-state index in [1.165, 1.54) is 12.1 Å². The summed E-state index contributed by atoms with van der Waals surface area (Å²) in [6.07, 6.45) is 0. The first-order valence-electron chi connectivity index (χ1n) is 6.30. The quantitative estimate of drug-likeness (QED) is 0.781. The summed E-state index contributed by atoms with van der Waals surface area (Å²) in [5, 5.41) is 17.9. The number of aromatic amines is 1. The number of nitrogens with zero attached hydrogens (tertiary/aromatic N) is 2. The lowest BCUT2D eigenvalue weighted by Crippen LogP contribution is -2.24. The number of nitrogens with one attached hydrogen (secondary N) is 2. The second-order valence-corrected chi connectivity index (χ2v) is 5.51. The highest BCUT2D eigenvalue weighted by Gasteiger charge is 2.21. The molecular formula is C13H16N4O4. The maximum absolute atomic E-state index is 11.9. The van der Waals surface area contributed by atoms with Gasteiger partial charge in [0.25, 0.3) is 5.91 Å². The number of H-pyrrole nitrogens is 1. The fourth-order valence-electron chi connectivity index (χ4n) is 1.53. The van der Waals surface area contributed by atoms with Crippen LogP contribution in [0.25, 0.3) is 0 Å². The lowest BCUT2D eigenvalue weighted by atomic mass is 9.96. The molecule has 0 saturated carbocycles. The largest absolute Gasteiger partial charge is 0.475 e. The maximum Gasteiger partial charge on any atom is 0.371 e. The Morgan fingerprint density at radius 1 is 1.38 bits per heavy atom. The molecule has 0 fully saturated rings. The van der Waals surface area contributed by atoms with Gasteiger partial charge in [0, 0.05) is 5.41 Å². The van der Waals surface area contributed by atoms with Gasteiger partial charge >= 0.3 is 5.97 Å². The second-order valence-electron chi connectivity index (χ2n) is 5.51. The summed E-state index contributed by atoms with van der Waals surface area (Å²) < 4.78 is 5.03. The molecule has 0 spiro atoms. The summed E-state index contributed by atoms with van der Waals surface area (Å²) in [5.74, 6) is -0.811. The Morgan fingerprint density at radius 2 is 2.10 bits per heavy atom. The highest BCUT2D eigenvalue weighted by atomic mass is 16.4. The van der Waals surface area contributed by atoms with Crippen LogP contribution >= 0.6 is 0 Å². The van der Waals surface area contributed by atoms with Crippen molar-refractivity contribution in [3.05, 3.63) is 35.3 Å². The number of hydrogen-bond donors (Lipinski definition) is 3. The van der Waals surface area contributed by atoms with Crippen LogP contribution in [0, 0.1) is 0 Å². The van der Waals surface area contributed by atoms with Crippen LogP contribution in [0.5, 0.6) is 0 Å². The van der Waals surface area contributed by atoms with Gasteiger partial charge in [0.15, 0.2) is 0 Å². The Kier molecular flexibility index (Phi) is 3.79. The normalized spacial score (nSPS) is 11.4. The third kappa shape index (κ3) is 3.47. The molecule has 0 saturated heterocycles. The molecule has 2 rings (SSSR count). The minimum absolute atomic E-state index is 0.0324. The molecule has 21 heavy (non-hydrogen) atoms. The third-order valence-corrected chi connectivity index (χ3v) is 2.69. The number of carboxylic acid groups (broad SMARTS) is 1. The highest BCUT2D eigenvalue weighted by molar-refractivity contribution is 5.90. The molecule has 2 heterocycles. The molecule has 2 aromatic rings. The van der Waals surface area contributed by atoms with Crippen molar-refractivity contribution in [3.8, 4) is 0 Å². The molecule has 0 aliphatic rings. The summed E-state index contributed by atoms with van der Waals surface area (Å²) in [5.41, 5.74) is -0.233. The lowest BCUT2D eigenvalue weighted by Gasteiger charge is -2.12. The predicted octanol–water partition coefficient (Wildman–Crippen LogP) is 1.32. The SMILES string of the molecule is CC(C)(C)c1nc(C(=O)NCc2ccc(C(=O)O)o2)n[nH]1. The standard InChI is InChI=1S/C13H16N4O4/c1-13(2,3)12-15-9(16-17-12)10(18)14-6-7-4-5-8(21-7)11(19)20/h4-5H,6H2,1-3H3,(H,14,18)(H,19,20)(H,15,16,17). The smallest absolute Gasteiger partial charge is 0.371 e. The van der Waals surface area contributed by atoms with E-state index in [1.807, 2.05) is 20.8 Å². The zero-order valence-corrected chi connectivity index (χ0v) is 11.9. The Morgan fingerprint density at radius 3 is 2.62 bits per heavy atom. The Labute approximate surface area is 120 Å². The van der Waals surface area contributed by atoms with Crippen molar-refractivity contribution in [1.29, 1.82) is 0 Å². The van der Waals surface area contributed by atoms with Gasteiger partial charge < -0.3 is 14.8 Å². The number of hydrogen-bond acceptors (Lipinski definition) is 5. The molecule has 0 aromatic carbocycles. The van der Waals surface area contributed by atoms with Crippen molar-refractivity contribution >= 4 is 11.9 Å². The van der Waals surface area contributed by atoms with Crippen molar-refractivity contribution in [2.24, 2.45) is 0 Å². The van der Waals surface area contributed by atoms with Crippen molar-refractivity contribution in [2.45, 2.75) is 32.7 Å². The molecule has 0 radical (unpaired) electrons. The van der Waals surface area contributed by atoms with E-state index in [0.717, 1.165) is 0 Å². The number of carbonyl (C=O) groups excluding carboxylic acids is 1. The molecule has 0 aliphatic heterocycles. The van der Waals surface area contributed by atoms with Gasteiger partial charge in [0.2, 0.25) is 11.6 Å². The molecule has 0 aliphatic carbocycles. The monoisotopic (exact) mass is 292 g/mol. The van der Waals surface area contributed by atoms with Crippen LogP contribution in [0.3, 0.4) is 0 Å². The first-order valence-corrected chi connectivity index (χ1v) is 6.30. The van der Waals surface area contributed by atoms with Gasteiger partial charge in [-0.25, -0.2) is 9.78 Å². The van der Waals surface area contributed by atoms with Crippen LogP contribution in [0.1, 0.15) is 53.5 Å². The molecule has 0 atom stereocenters. The number of carbonyl (C=O) groups is 2. The van der Waals surface area contributed by atoms with Crippen LogP contribution in [0.15, 0.2) is 16.5 Å². The molecule has 0 bridgehead atoms. The maximum atomic E-state index is 11.9. The van der Waals surface area contributed by atoms with E-state index in [-0.39, 0.29) is 23.5 Å². The molecule has 1 amide bonds. The Hall–Kier alpha value is -2.64. The van der Waals surface area contributed by atoms with E-state index in [4.69, 9.17) is 9.52 Å². The van der Waals surface area contributed by atoms with E-state index < -0.39 is 11.9 Å². The van der Waals surface area contributed by atoms with Crippen LogP contribution in [-0.2, 0) is 12.0 Å². The fourth-order valence-corrected chi connectivity index (χ4v) is 1.53. The van der Waals surface area contributed by atoms with E-state index in [0.29, 0.717) is 11.6 Å². The summed E-state index contributed by atoms with van der Waals surface area (Å²) in [4.78, 5) is 26.7. The molecule has 0 unspecified atom stereocenters. The van der Waals surface area contributed by atoms with Gasteiger partial charge in [-0.1, -0.05) is 20.8 Å². The zero-order valence-electron chi connectivity index (χ0n) is 11.9. The van der Waals surface area contributed by atoms with E-state index in [1.54, 1.807) is 0 Å². The first kappa shape index (κ1) is 14.8. The van der Waals surface area contributed by atoms with Gasteiger partial charge in [-0.3, -0.25) is 9.89 Å². The van der Waals surface area contributed by atoms with Gasteiger partial charge in [0.05, 0.1) is 6.54 Å². The van der Waals surface area contributed by atoms with Crippen molar-refractivity contribution < 1.29 is 19.1 Å². The van der Waals surface area contributed by atoms with E-state index in [9.17, 15) is 9.59 Å². The van der Waals surface area contributed by atoms with Crippen LogP contribution in [-0.4, -0.2) is 32.2 Å². The summed E-state index contributed by atoms with van der Waals surface area (Å²) in [7, 11) is 0. The van der Waals surface area contributed by atoms with E-state index in [2.05, 4.69) is 20.5 Å². The number of carboxylic acids is 1. The molecule has 112 valence electrons. The second kappa shape index (κ2) is 5.39. The summed E-state index contributed by atoms with van der Waals surface area (Å²) in [6.45, 7) is 5.91. The minimum atomic E-state index is -1.16. The van der Waals surface area contributed by atoms with Gasteiger partial charge in [-0.2, -0.15) is 0 Å². The van der Waals surface area contributed by atoms with Crippen LogP contribution in [0.2, 0.25) is 0 Å². The summed E-state index contributed by atoms with van der Waals surface area (Å²) >= 11 is 0. The number of furan rings is 1. The topological polar surface area (TPSA) is 121 Å². The van der Waals surface area contributed by atoms with Crippen LogP contribution in [0.4, 0.5) is 0 Å². The van der Waals surface area contributed by atoms with Crippen molar-refractivity contribution in [2.75, 3.05) is 0 Å². The predicted molar refractivity (Wildman–Crippen MR) is 71.9 cm³/mol. The fraction of sp³-hybridized carbons (Fsp3) is 0.385. The van der Waals surface area contributed by atoms with Gasteiger partial charge in [-0.05, 0) is 12.1 Å². The number of aromatic nitrogens is 3. The lowest BCUT2D eigenvalue weighted by molar-refractivity contribution is 0.0660. The van der Waals surface area contributed by atoms with Gasteiger partial charge in [-0.15, -0.1) is 5.10 Å². The molecule has 2 aromatic heterocycles. The minimum Gasteiger partial charge on any atom is -0.475 e. The average Bonchev–Trinajstić information content (AvgIpc) is 3.04. The number of aromatic carboxylic acids is 1.